The number of hydrogen-bond acceptors (Lipinski definition) is 4. The molecule has 4 aliphatic carbocycles. The van der Waals surface area contributed by atoms with Gasteiger partial charge in [0.2, 0.25) is 21.8 Å². The van der Waals surface area contributed by atoms with Crippen LogP contribution in [-0.4, -0.2) is 39.7 Å². The monoisotopic (exact) mass is 463 g/mol. The molecule has 4 fully saturated rings. The Morgan fingerprint density at radius 2 is 1.77 bits per heavy atom. The van der Waals surface area contributed by atoms with Gasteiger partial charge in [-0.2, -0.15) is 4.72 Å². The lowest BCUT2D eigenvalue weighted by Crippen LogP contribution is -2.65. The molecule has 4 bridgehead atoms. The van der Waals surface area contributed by atoms with Crippen molar-refractivity contribution in [3.8, 4) is 0 Å². The highest BCUT2D eigenvalue weighted by atomic mass is 35.5. The summed E-state index contributed by atoms with van der Waals surface area (Å²) < 4.78 is 28.2. The molecule has 0 aliphatic heterocycles. The molecule has 0 spiro atoms. The van der Waals surface area contributed by atoms with E-state index in [4.69, 9.17) is 25.2 Å². The van der Waals surface area contributed by atoms with Gasteiger partial charge in [-0.25, -0.2) is 8.42 Å². The molecule has 0 saturated heterocycles. The molecular weight excluding hydrogens is 437 g/mol. The number of benzene rings is 1. The van der Waals surface area contributed by atoms with E-state index in [0.717, 1.165) is 19.3 Å². The number of halogens is 1. The minimum absolute atomic E-state index is 0.0814. The molecule has 0 heterocycles. The topological polar surface area (TPSA) is 118 Å². The third-order valence-corrected chi connectivity index (χ3v) is 9.11. The number of hydrogen-bond donors (Lipinski definition) is 3. The van der Waals surface area contributed by atoms with Crippen molar-refractivity contribution in [2.45, 2.75) is 62.4 Å². The number of carbonyl (C=O) groups excluding carboxylic acids is 2. The zero-order valence-electron chi connectivity index (χ0n) is 17.7. The van der Waals surface area contributed by atoms with Crippen LogP contribution in [0.3, 0.4) is 0 Å². The number of nitrogens with one attached hydrogen (secondary N) is 2. The lowest BCUT2D eigenvalue weighted by atomic mass is 9.47. The lowest BCUT2D eigenvalue weighted by molar-refractivity contribution is -0.148. The van der Waals surface area contributed by atoms with Crippen LogP contribution >= 0.6 is 11.6 Å². The summed E-state index contributed by atoms with van der Waals surface area (Å²) in [4.78, 5) is 25.2. The molecule has 1 aromatic rings. The maximum absolute atomic E-state index is 13.1. The summed E-state index contributed by atoms with van der Waals surface area (Å²) in [5.74, 6) is 0.200. The van der Waals surface area contributed by atoms with Gasteiger partial charge in [0.25, 0.3) is 0 Å². The standard InChI is InChI=1S/C21H27BClN3O4S/c1-20(2,26-31(29,30)16-6-14(22)5-15(23)7-16)19(28)25-17-12-3-11-4-13(17)10-21(8-11,9-12)18(24)27/h5-7,11-13,17,26H,3-4,8-10H2,1-2H3,(H2,24,27)(H,25,28). The molecule has 0 aromatic heterocycles. The molecule has 4 N–H and O–H groups in total. The third-order valence-electron chi connectivity index (χ3n) is 7.25. The quantitative estimate of drug-likeness (QED) is 0.545. The largest absolute Gasteiger partial charge is 0.369 e. The number of rotatable bonds is 6. The zero-order chi connectivity index (χ0) is 22.8. The molecule has 2 amide bonds. The second kappa shape index (κ2) is 7.49. The van der Waals surface area contributed by atoms with Gasteiger partial charge in [0.1, 0.15) is 13.4 Å². The summed E-state index contributed by atoms with van der Waals surface area (Å²) in [7, 11) is 1.69. The summed E-state index contributed by atoms with van der Waals surface area (Å²) in [6.07, 6.45) is 4.15. The van der Waals surface area contributed by atoms with Crippen molar-refractivity contribution in [3.05, 3.63) is 23.2 Å². The molecule has 2 atom stereocenters. The Hall–Kier alpha value is -1.58. The average molecular weight is 464 g/mol. The highest BCUT2D eigenvalue weighted by Gasteiger charge is 2.58. The van der Waals surface area contributed by atoms with E-state index in [1.54, 1.807) is 0 Å². The molecule has 5 rings (SSSR count). The van der Waals surface area contributed by atoms with E-state index in [-0.39, 0.29) is 39.2 Å². The summed E-state index contributed by atoms with van der Waals surface area (Å²) in [5, 5.41) is 3.28. The maximum atomic E-state index is 13.1. The molecule has 7 nitrogen and oxygen atoms in total. The first-order chi connectivity index (χ1) is 14.3. The lowest BCUT2D eigenvalue weighted by Gasteiger charge is -2.59. The Morgan fingerprint density at radius 3 is 2.32 bits per heavy atom. The Labute approximate surface area is 189 Å². The summed E-state index contributed by atoms with van der Waals surface area (Å²) in [6.45, 7) is 3.05. The van der Waals surface area contributed by atoms with Crippen molar-refractivity contribution in [2.75, 3.05) is 0 Å². The molecule has 10 heteroatoms. The molecule has 166 valence electrons. The highest BCUT2D eigenvalue weighted by Crippen LogP contribution is 2.59. The van der Waals surface area contributed by atoms with E-state index in [0.29, 0.717) is 18.8 Å². The van der Waals surface area contributed by atoms with Gasteiger partial charge >= 0.3 is 0 Å². The summed E-state index contributed by atoms with van der Waals surface area (Å²) >= 11 is 5.94. The van der Waals surface area contributed by atoms with Gasteiger partial charge in [-0.15, -0.1) is 0 Å². The molecule has 4 aliphatic rings. The van der Waals surface area contributed by atoms with Crippen LogP contribution in [0.1, 0.15) is 46.0 Å². The number of primary amides is 1. The second-order valence-electron chi connectivity index (χ2n) is 10.1. The highest BCUT2D eigenvalue weighted by molar-refractivity contribution is 7.89. The average Bonchev–Trinajstić information content (AvgIpc) is 2.62. The number of carbonyl (C=O) groups is 2. The van der Waals surface area contributed by atoms with E-state index in [9.17, 15) is 18.0 Å². The van der Waals surface area contributed by atoms with Crippen molar-refractivity contribution in [2.24, 2.45) is 28.9 Å². The van der Waals surface area contributed by atoms with E-state index >= 15 is 0 Å². The van der Waals surface area contributed by atoms with Gasteiger partial charge < -0.3 is 11.1 Å². The number of amides is 2. The summed E-state index contributed by atoms with van der Waals surface area (Å²) in [5.41, 5.74) is 4.11. The molecule has 31 heavy (non-hydrogen) atoms. The van der Waals surface area contributed by atoms with Crippen molar-refractivity contribution in [1.29, 1.82) is 0 Å². The predicted octanol–water partition coefficient (Wildman–Crippen LogP) is 0.987. The van der Waals surface area contributed by atoms with E-state index in [2.05, 4.69) is 10.0 Å². The zero-order valence-corrected chi connectivity index (χ0v) is 19.2. The Morgan fingerprint density at radius 1 is 1.16 bits per heavy atom. The van der Waals surface area contributed by atoms with Crippen LogP contribution in [0.5, 0.6) is 0 Å². The van der Waals surface area contributed by atoms with Crippen molar-refractivity contribution in [1.82, 2.24) is 10.0 Å². The fraction of sp³-hybridized carbons (Fsp3) is 0.619. The fourth-order valence-electron chi connectivity index (χ4n) is 6.07. The Kier molecular flexibility index (Phi) is 5.46. The van der Waals surface area contributed by atoms with Crippen LogP contribution < -0.4 is 21.2 Å². The first-order valence-electron chi connectivity index (χ1n) is 10.5. The van der Waals surface area contributed by atoms with Gasteiger partial charge in [0, 0.05) is 16.5 Å². The fourth-order valence-corrected chi connectivity index (χ4v) is 7.84. The van der Waals surface area contributed by atoms with Crippen LogP contribution in [-0.2, 0) is 19.6 Å². The number of nitrogens with two attached hydrogens (primary N) is 1. The summed E-state index contributed by atoms with van der Waals surface area (Å²) in [6, 6.07) is 3.95. The Balaban J connectivity index is 1.49. The van der Waals surface area contributed by atoms with Crippen LogP contribution in [0.4, 0.5) is 0 Å². The SMILES string of the molecule is [B]c1cc(Cl)cc(S(=O)(=O)NC(C)(C)C(=O)NC2C3CC4CC2CC(C(N)=O)(C4)C3)c1. The van der Waals surface area contributed by atoms with Crippen molar-refractivity contribution in [3.63, 3.8) is 0 Å². The second-order valence-corrected chi connectivity index (χ2v) is 12.2. The van der Waals surface area contributed by atoms with Crippen LogP contribution in [0.2, 0.25) is 5.02 Å². The van der Waals surface area contributed by atoms with Gasteiger partial charge in [-0.05, 0) is 75.8 Å². The van der Waals surface area contributed by atoms with Crippen LogP contribution in [0, 0.1) is 23.2 Å². The van der Waals surface area contributed by atoms with Crippen LogP contribution in [0.25, 0.3) is 0 Å². The van der Waals surface area contributed by atoms with Gasteiger partial charge in [0.05, 0.1) is 4.90 Å². The Bertz CT molecular complexity index is 1010. The van der Waals surface area contributed by atoms with Gasteiger partial charge in [-0.3, -0.25) is 9.59 Å². The van der Waals surface area contributed by atoms with Crippen LogP contribution in [0.15, 0.2) is 23.1 Å². The minimum atomic E-state index is -4.03. The first-order valence-corrected chi connectivity index (χ1v) is 12.4. The van der Waals surface area contributed by atoms with E-state index < -0.39 is 26.9 Å². The predicted molar refractivity (Wildman–Crippen MR) is 118 cm³/mol. The smallest absolute Gasteiger partial charge is 0.241 e. The molecular formula is C21H27BClN3O4S. The van der Waals surface area contributed by atoms with E-state index in [1.807, 2.05) is 0 Å². The van der Waals surface area contributed by atoms with Gasteiger partial charge in [0.15, 0.2) is 0 Å². The van der Waals surface area contributed by atoms with E-state index in [1.165, 1.54) is 32.0 Å². The molecule has 1 aromatic carbocycles. The van der Waals surface area contributed by atoms with Crippen molar-refractivity contribution < 1.29 is 18.0 Å². The van der Waals surface area contributed by atoms with Crippen molar-refractivity contribution >= 4 is 46.7 Å². The normalized spacial score (nSPS) is 32.1. The number of sulfonamides is 1. The first kappa shape index (κ1) is 22.6. The minimum Gasteiger partial charge on any atom is -0.369 e. The molecule has 2 radical (unpaired) electrons. The molecule has 2 unspecified atom stereocenters. The third kappa shape index (κ3) is 4.12. The van der Waals surface area contributed by atoms with Gasteiger partial charge in [-0.1, -0.05) is 23.1 Å². The molecule has 4 saturated carbocycles. The maximum Gasteiger partial charge on any atom is 0.241 e.